The molecule has 0 fully saturated rings. The predicted molar refractivity (Wildman–Crippen MR) is 107 cm³/mol. The fourth-order valence-electron chi connectivity index (χ4n) is 3.08. The summed E-state index contributed by atoms with van der Waals surface area (Å²) in [5.41, 5.74) is 1.38. The van der Waals surface area contributed by atoms with Crippen LogP contribution in [0.1, 0.15) is 61.0 Å². The molecule has 3 N–H and O–H groups in total. The maximum Gasteiger partial charge on any atom is 0.347 e. The van der Waals surface area contributed by atoms with Crippen LogP contribution in [-0.4, -0.2) is 28.4 Å². The zero-order valence-corrected chi connectivity index (χ0v) is 16.6. The molecule has 0 aliphatic heterocycles. The first-order chi connectivity index (χ1) is 13.4. The van der Waals surface area contributed by atoms with Crippen LogP contribution >= 0.6 is 0 Å². The van der Waals surface area contributed by atoms with E-state index < -0.39 is 11.7 Å². The van der Waals surface area contributed by atoms with Crippen molar-refractivity contribution in [2.75, 3.05) is 7.11 Å². The first-order valence-electron chi connectivity index (χ1n) is 9.58. The summed E-state index contributed by atoms with van der Waals surface area (Å²) >= 11 is 0. The molecule has 0 saturated heterocycles. The molecule has 0 aromatic heterocycles. The molecule has 28 heavy (non-hydrogen) atoms. The molecule has 0 aliphatic carbocycles. The molecule has 2 rings (SSSR count). The van der Waals surface area contributed by atoms with Crippen LogP contribution in [0, 0.1) is 0 Å². The molecule has 0 radical (unpaired) electrons. The quantitative estimate of drug-likeness (QED) is 0.249. The van der Waals surface area contributed by atoms with Crippen molar-refractivity contribution in [1.29, 1.82) is 0 Å². The fourth-order valence-corrected chi connectivity index (χ4v) is 3.08. The van der Waals surface area contributed by atoms with Crippen molar-refractivity contribution in [3.8, 4) is 28.7 Å². The number of benzene rings is 2. The van der Waals surface area contributed by atoms with Crippen LogP contribution in [0.2, 0.25) is 0 Å². The molecule has 6 heteroatoms. The number of phenols is 3. The van der Waals surface area contributed by atoms with Crippen molar-refractivity contribution in [2.45, 2.75) is 52.4 Å². The van der Waals surface area contributed by atoms with E-state index in [1.807, 2.05) is 6.92 Å². The lowest BCUT2D eigenvalue weighted by molar-refractivity contribution is 0.0724. The van der Waals surface area contributed by atoms with E-state index in [4.69, 9.17) is 9.47 Å². The lowest BCUT2D eigenvalue weighted by Crippen LogP contribution is -2.12. The van der Waals surface area contributed by atoms with Crippen LogP contribution in [0.3, 0.4) is 0 Å². The van der Waals surface area contributed by atoms with Gasteiger partial charge < -0.3 is 24.8 Å². The van der Waals surface area contributed by atoms with E-state index in [1.165, 1.54) is 19.2 Å². The lowest BCUT2D eigenvalue weighted by atomic mass is 10.0. The Morgan fingerprint density at radius 2 is 1.68 bits per heavy atom. The van der Waals surface area contributed by atoms with E-state index >= 15 is 0 Å². The van der Waals surface area contributed by atoms with Crippen LogP contribution in [0.15, 0.2) is 24.3 Å². The van der Waals surface area contributed by atoms with E-state index in [2.05, 4.69) is 6.92 Å². The third-order valence-electron chi connectivity index (χ3n) is 4.52. The van der Waals surface area contributed by atoms with E-state index in [9.17, 15) is 20.1 Å². The molecular formula is C22H28O6. The minimum absolute atomic E-state index is 0.0259. The molecule has 0 amide bonds. The second kappa shape index (κ2) is 9.88. The van der Waals surface area contributed by atoms with Crippen molar-refractivity contribution in [3.05, 3.63) is 41.0 Å². The largest absolute Gasteiger partial charge is 0.507 e. The number of aryl methyl sites for hydroxylation is 2. The van der Waals surface area contributed by atoms with Gasteiger partial charge in [-0.25, -0.2) is 4.79 Å². The monoisotopic (exact) mass is 388 g/mol. The molecule has 0 heterocycles. The van der Waals surface area contributed by atoms with Crippen LogP contribution in [0.4, 0.5) is 0 Å². The number of methoxy groups -OCH3 is 1. The van der Waals surface area contributed by atoms with Gasteiger partial charge >= 0.3 is 5.97 Å². The third kappa shape index (κ3) is 5.09. The maximum atomic E-state index is 12.7. The van der Waals surface area contributed by atoms with Gasteiger partial charge in [0.15, 0.2) is 11.5 Å². The van der Waals surface area contributed by atoms with Crippen LogP contribution in [-0.2, 0) is 12.8 Å². The van der Waals surface area contributed by atoms with Gasteiger partial charge in [-0.1, -0.05) is 33.1 Å². The second-order valence-corrected chi connectivity index (χ2v) is 6.74. The number of carbonyl (C=O) groups is 1. The van der Waals surface area contributed by atoms with Crippen molar-refractivity contribution in [3.63, 3.8) is 0 Å². The second-order valence-electron chi connectivity index (χ2n) is 6.74. The van der Waals surface area contributed by atoms with Gasteiger partial charge in [-0.15, -0.1) is 0 Å². The average Bonchev–Trinajstić information content (AvgIpc) is 2.65. The van der Waals surface area contributed by atoms with Crippen LogP contribution < -0.4 is 9.47 Å². The Morgan fingerprint density at radius 1 is 0.929 bits per heavy atom. The minimum atomic E-state index is -0.802. The van der Waals surface area contributed by atoms with E-state index in [0.717, 1.165) is 31.2 Å². The molecule has 0 spiro atoms. The SMILES string of the molecule is CCCCCc1cc(O)c(O)c(OC(=O)c2c(O)cc(OC)cc2CCC)c1. The van der Waals surface area contributed by atoms with Gasteiger partial charge in [-0.2, -0.15) is 0 Å². The number of ether oxygens (including phenoxy) is 2. The Kier molecular flexibility index (Phi) is 7.55. The molecule has 0 aliphatic rings. The van der Waals surface area contributed by atoms with Crippen LogP contribution in [0.5, 0.6) is 28.7 Å². The number of rotatable bonds is 9. The normalized spacial score (nSPS) is 10.7. The fraction of sp³-hybridized carbons (Fsp3) is 0.409. The van der Waals surface area contributed by atoms with Gasteiger partial charge in [-0.3, -0.25) is 0 Å². The number of esters is 1. The van der Waals surface area contributed by atoms with Crippen LogP contribution in [0.25, 0.3) is 0 Å². The molecule has 152 valence electrons. The number of hydrogen-bond acceptors (Lipinski definition) is 6. The molecular weight excluding hydrogens is 360 g/mol. The summed E-state index contributed by atoms with van der Waals surface area (Å²) < 4.78 is 10.5. The molecule has 2 aromatic carbocycles. The highest BCUT2D eigenvalue weighted by atomic mass is 16.5. The molecule has 0 saturated carbocycles. The highest BCUT2D eigenvalue weighted by Gasteiger charge is 2.22. The topological polar surface area (TPSA) is 96.2 Å². The first kappa shape index (κ1) is 21.4. The average molecular weight is 388 g/mol. The Balaban J connectivity index is 2.34. The van der Waals surface area contributed by atoms with Crippen molar-refractivity contribution < 1.29 is 29.6 Å². The summed E-state index contributed by atoms with van der Waals surface area (Å²) in [4.78, 5) is 12.7. The summed E-state index contributed by atoms with van der Waals surface area (Å²) in [5, 5.41) is 30.4. The number of aromatic hydroxyl groups is 3. The summed E-state index contributed by atoms with van der Waals surface area (Å²) in [7, 11) is 1.48. The van der Waals surface area contributed by atoms with E-state index in [-0.39, 0.29) is 22.8 Å². The summed E-state index contributed by atoms with van der Waals surface area (Å²) in [6.07, 6.45) is 5.02. The van der Waals surface area contributed by atoms with Crippen molar-refractivity contribution >= 4 is 5.97 Å². The zero-order valence-electron chi connectivity index (χ0n) is 16.6. The summed E-state index contributed by atoms with van der Waals surface area (Å²) in [5.74, 6) is -1.59. The number of hydrogen-bond donors (Lipinski definition) is 3. The Hall–Kier alpha value is -2.89. The lowest BCUT2D eigenvalue weighted by Gasteiger charge is -2.14. The van der Waals surface area contributed by atoms with E-state index in [0.29, 0.717) is 24.2 Å². The zero-order chi connectivity index (χ0) is 20.7. The Bertz CT molecular complexity index is 828. The Labute approximate surface area is 165 Å². The van der Waals surface area contributed by atoms with Gasteiger partial charge in [0.05, 0.1) is 7.11 Å². The maximum absolute atomic E-state index is 12.7. The molecule has 2 aromatic rings. The number of carbonyl (C=O) groups excluding carboxylic acids is 1. The highest BCUT2D eigenvalue weighted by molar-refractivity contribution is 5.96. The molecule has 0 bridgehead atoms. The van der Waals surface area contributed by atoms with Gasteiger partial charge in [0.25, 0.3) is 0 Å². The van der Waals surface area contributed by atoms with Crippen molar-refractivity contribution in [2.24, 2.45) is 0 Å². The molecule has 6 nitrogen and oxygen atoms in total. The molecule has 0 unspecified atom stereocenters. The highest BCUT2D eigenvalue weighted by Crippen LogP contribution is 2.38. The third-order valence-corrected chi connectivity index (χ3v) is 4.52. The smallest absolute Gasteiger partial charge is 0.347 e. The van der Waals surface area contributed by atoms with Gasteiger partial charge in [-0.05, 0) is 48.6 Å². The summed E-state index contributed by atoms with van der Waals surface area (Å²) in [6.45, 7) is 4.05. The van der Waals surface area contributed by atoms with Gasteiger partial charge in [0.2, 0.25) is 5.75 Å². The van der Waals surface area contributed by atoms with Crippen molar-refractivity contribution in [1.82, 2.24) is 0 Å². The first-order valence-corrected chi connectivity index (χ1v) is 9.58. The van der Waals surface area contributed by atoms with Gasteiger partial charge in [0, 0.05) is 6.07 Å². The number of unbranched alkanes of at least 4 members (excludes halogenated alkanes) is 2. The predicted octanol–water partition coefficient (Wildman–Crippen LogP) is 4.72. The summed E-state index contributed by atoms with van der Waals surface area (Å²) in [6, 6.07) is 6.03. The molecule has 0 atom stereocenters. The standard InChI is InChI=1S/C22H28O6/c1-4-6-7-9-14-10-18(24)21(25)19(11-14)28-22(26)20-15(8-5-2)12-16(27-3)13-17(20)23/h10-13,23-25H,4-9H2,1-3H3. The van der Waals surface area contributed by atoms with E-state index in [1.54, 1.807) is 12.1 Å². The minimum Gasteiger partial charge on any atom is -0.507 e. The van der Waals surface area contributed by atoms with Gasteiger partial charge in [0.1, 0.15) is 17.1 Å². The Morgan fingerprint density at radius 3 is 2.32 bits per heavy atom. The number of phenolic OH excluding ortho intramolecular Hbond substituents is 3.